The van der Waals surface area contributed by atoms with Gasteiger partial charge in [0.2, 0.25) is 0 Å². The molecule has 118 valence electrons. The van der Waals surface area contributed by atoms with Gasteiger partial charge in [0.1, 0.15) is 11.2 Å². The first-order valence-electron chi connectivity index (χ1n) is 8.24. The summed E-state index contributed by atoms with van der Waals surface area (Å²) >= 11 is 2.39. The number of fused-ring (bicyclic) bond motifs is 8. The molecule has 0 fully saturated rings. The molecule has 4 aromatic carbocycles. The molecule has 0 aliphatic heterocycles. The third kappa shape index (κ3) is 1.74. The minimum Gasteiger partial charge on any atom is -0.455 e. The molecule has 2 aromatic heterocycles. The van der Waals surface area contributed by atoms with E-state index in [1.165, 1.54) is 43.4 Å². The maximum absolute atomic E-state index is 6.28. The summed E-state index contributed by atoms with van der Waals surface area (Å²) in [5, 5.41) is 7.31. The maximum atomic E-state index is 6.28. The molecule has 3 heteroatoms. The minimum atomic E-state index is 0.945. The van der Waals surface area contributed by atoms with Crippen molar-refractivity contribution in [3.05, 3.63) is 72.8 Å². The van der Waals surface area contributed by atoms with Crippen molar-refractivity contribution < 1.29 is 4.42 Å². The van der Waals surface area contributed by atoms with Crippen LogP contribution in [-0.4, -0.2) is 2.78 Å². The molecule has 25 heavy (non-hydrogen) atoms. The van der Waals surface area contributed by atoms with Crippen molar-refractivity contribution in [2.24, 2.45) is 0 Å². The highest BCUT2D eigenvalue weighted by Gasteiger charge is 2.17. The Bertz CT molecular complexity index is 1460. The number of nitrogens with zero attached hydrogens (tertiary/aromatic N) is 1. The van der Waals surface area contributed by atoms with Gasteiger partial charge >= 0.3 is 0 Å². The summed E-state index contributed by atoms with van der Waals surface area (Å²) in [6.45, 7) is 0. The molecule has 2 nitrogen and oxygen atoms in total. The summed E-state index contributed by atoms with van der Waals surface area (Å²) in [6.07, 6.45) is 0. The molecule has 0 aliphatic rings. The number of benzene rings is 4. The average Bonchev–Trinajstić information content (AvgIpc) is 3.16. The smallest absolute Gasteiger partial charge is 0.145 e. The third-order valence-corrected chi connectivity index (χ3v) is 6.12. The van der Waals surface area contributed by atoms with Gasteiger partial charge in [0.05, 0.1) is 39.3 Å². The lowest BCUT2D eigenvalue weighted by molar-refractivity contribution is 0.673. The summed E-state index contributed by atoms with van der Waals surface area (Å²) in [4.78, 5) is 0. The maximum Gasteiger partial charge on any atom is 0.145 e. The largest absolute Gasteiger partial charge is 0.455 e. The second kappa shape index (κ2) is 4.76. The highest BCUT2D eigenvalue weighted by atomic mass is 127. The highest BCUT2D eigenvalue weighted by molar-refractivity contribution is 14.1. The lowest BCUT2D eigenvalue weighted by Crippen LogP contribution is -1.78. The van der Waals surface area contributed by atoms with Crippen LogP contribution < -0.4 is 0 Å². The van der Waals surface area contributed by atoms with Crippen molar-refractivity contribution in [2.75, 3.05) is 0 Å². The van der Waals surface area contributed by atoms with Crippen molar-refractivity contribution in [3.63, 3.8) is 0 Å². The van der Waals surface area contributed by atoms with Gasteiger partial charge in [-0.05, 0) is 41.1 Å². The molecule has 0 aliphatic carbocycles. The Morgan fingerprint density at radius 3 is 2.32 bits per heavy atom. The van der Waals surface area contributed by atoms with E-state index in [1.54, 1.807) is 0 Å². The zero-order valence-electron chi connectivity index (χ0n) is 13.2. The predicted octanol–water partition coefficient (Wildman–Crippen LogP) is 7.05. The Kier molecular flexibility index (Phi) is 2.61. The number of para-hydroxylation sites is 1. The van der Waals surface area contributed by atoms with E-state index in [-0.39, 0.29) is 0 Å². The molecule has 0 spiro atoms. The van der Waals surface area contributed by atoms with Crippen LogP contribution in [0.15, 0.2) is 77.2 Å². The van der Waals surface area contributed by atoms with Crippen LogP contribution in [0.25, 0.3) is 54.5 Å². The molecule has 0 radical (unpaired) electrons. The SMILES string of the molecule is In1c2cc3ccccc3cc2c2c3oc4ccccc4c3ccc21. The van der Waals surface area contributed by atoms with Crippen molar-refractivity contribution in [1.82, 2.24) is 2.78 Å². The Labute approximate surface area is 157 Å². The van der Waals surface area contributed by atoms with Crippen LogP contribution >= 0.6 is 22.9 Å². The fourth-order valence-corrected chi connectivity index (χ4v) is 4.72. The van der Waals surface area contributed by atoms with Gasteiger partial charge in [0, 0.05) is 16.2 Å². The summed E-state index contributed by atoms with van der Waals surface area (Å²) in [7, 11) is 0. The molecular weight excluding hydrogens is 421 g/mol. The standard InChI is InChI=1S/C22H12INO/c23-24-18-10-9-16-15-7-3-4-8-20(15)25-22(16)21(18)17-11-13-5-1-2-6-14(13)12-19(17)24/h1-12H. The van der Waals surface area contributed by atoms with Crippen molar-refractivity contribution in [3.8, 4) is 0 Å². The molecule has 0 saturated carbocycles. The summed E-state index contributed by atoms with van der Waals surface area (Å²) in [5.74, 6) is 0. The molecule has 0 unspecified atom stereocenters. The zero-order chi connectivity index (χ0) is 16.5. The lowest BCUT2D eigenvalue weighted by Gasteiger charge is -1.99. The van der Waals surface area contributed by atoms with Crippen LogP contribution in [0.3, 0.4) is 0 Å². The second-order valence-electron chi connectivity index (χ2n) is 6.43. The number of hydrogen-bond acceptors (Lipinski definition) is 1. The molecule has 0 atom stereocenters. The van der Waals surface area contributed by atoms with E-state index in [0.717, 1.165) is 11.2 Å². The zero-order valence-corrected chi connectivity index (χ0v) is 15.3. The topological polar surface area (TPSA) is 18.1 Å². The van der Waals surface area contributed by atoms with Gasteiger partial charge in [0.15, 0.2) is 0 Å². The molecule has 0 saturated heterocycles. The van der Waals surface area contributed by atoms with Crippen molar-refractivity contribution in [1.29, 1.82) is 0 Å². The van der Waals surface area contributed by atoms with Crippen LogP contribution in [-0.2, 0) is 0 Å². The second-order valence-corrected chi connectivity index (χ2v) is 7.40. The molecule has 6 aromatic rings. The van der Waals surface area contributed by atoms with E-state index in [0.29, 0.717) is 0 Å². The number of furan rings is 1. The van der Waals surface area contributed by atoms with Gasteiger partial charge < -0.3 is 4.42 Å². The Morgan fingerprint density at radius 2 is 1.44 bits per heavy atom. The molecular formula is C22H12INO. The van der Waals surface area contributed by atoms with E-state index in [1.807, 2.05) is 12.1 Å². The molecule has 0 amide bonds. The quantitative estimate of drug-likeness (QED) is 0.235. The van der Waals surface area contributed by atoms with E-state index >= 15 is 0 Å². The van der Waals surface area contributed by atoms with E-state index < -0.39 is 0 Å². The monoisotopic (exact) mass is 433 g/mol. The fourth-order valence-electron chi connectivity index (χ4n) is 3.92. The molecule has 0 bridgehead atoms. The van der Waals surface area contributed by atoms with Gasteiger partial charge in [-0.2, -0.15) is 0 Å². The Morgan fingerprint density at radius 1 is 0.680 bits per heavy atom. The van der Waals surface area contributed by atoms with Crippen LogP contribution in [0.1, 0.15) is 0 Å². The normalized spacial score (nSPS) is 12.2. The molecule has 2 heterocycles. The van der Waals surface area contributed by atoms with Crippen LogP contribution in [0.4, 0.5) is 0 Å². The minimum absolute atomic E-state index is 0.945. The van der Waals surface area contributed by atoms with E-state index in [4.69, 9.17) is 4.42 Å². The van der Waals surface area contributed by atoms with Crippen LogP contribution in [0.2, 0.25) is 0 Å². The van der Waals surface area contributed by atoms with Crippen LogP contribution in [0.5, 0.6) is 0 Å². The predicted molar refractivity (Wildman–Crippen MR) is 114 cm³/mol. The Hall–Kier alpha value is -2.53. The number of hydrogen-bond donors (Lipinski definition) is 0. The molecule has 0 N–H and O–H groups in total. The van der Waals surface area contributed by atoms with Gasteiger partial charge in [-0.1, -0.05) is 42.5 Å². The Balaban J connectivity index is 1.93. The number of aromatic nitrogens is 1. The average molecular weight is 433 g/mol. The van der Waals surface area contributed by atoms with E-state index in [2.05, 4.69) is 86.3 Å². The third-order valence-electron chi connectivity index (χ3n) is 5.08. The number of halogens is 1. The lowest BCUT2D eigenvalue weighted by atomic mass is 10.0. The highest BCUT2D eigenvalue weighted by Crippen LogP contribution is 2.41. The number of rotatable bonds is 0. The first-order chi connectivity index (χ1) is 12.3. The van der Waals surface area contributed by atoms with Gasteiger partial charge in [-0.25, -0.2) is 0 Å². The van der Waals surface area contributed by atoms with Crippen molar-refractivity contribution in [2.45, 2.75) is 0 Å². The first-order valence-corrected chi connectivity index (χ1v) is 9.21. The van der Waals surface area contributed by atoms with E-state index in [9.17, 15) is 0 Å². The van der Waals surface area contributed by atoms with Gasteiger partial charge in [-0.15, -0.1) is 0 Å². The summed E-state index contributed by atoms with van der Waals surface area (Å²) < 4.78 is 8.52. The van der Waals surface area contributed by atoms with Gasteiger partial charge in [0.25, 0.3) is 0 Å². The van der Waals surface area contributed by atoms with Crippen molar-refractivity contribution >= 4 is 77.4 Å². The summed E-state index contributed by atoms with van der Waals surface area (Å²) in [5.41, 5.74) is 4.34. The fraction of sp³-hybridized carbons (Fsp3) is 0. The first kappa shape index (κ1) is 13.7. The van der Waals surface area contributed by atoms with Crippen LogP contribution in [0, 0.1) is 0 Å². The van der Waals surface area contributed by atoms with Gasteiger partial charge in [-0.3, -0.25) is 2.78 Å². The molecule has 6 rings (SSSR count). The summed E-state index contributed by atoms with van der Waals surface area (Å²) in [6, 6.07) is 25.7.